The van der Waals surface area contributed by atoms with E-state index in [1.54, 1.807) is 20.8 Å². The van der Waals surface area contributed by atoms with Crippen LogP contribution in [0.2, 0.25) is 0 Å². The molecular weight excluding hydrogens is 303 g/mol. The van der Waals surface area contributed by atoms with Gasteiger partial charge >= 0.3 is 12.3 Å². The van der Waals surface area contributed by atoms with Crippen molar-refractivity contribution < 1.29 is 32.5 Å². The summed E-state index contributed by atoms with van der Waals surface area (Å²) in [4.78, 5) is 11.3. The summed E-state index contributed by atoms with van der Waals surface area (Å²) < 4.78 is 47.6. The number of benzene rings is 1. The average molecular weight is 321 g/mol. The number of hydrogen-bond acceptors (Lipinski definition) is 4. The first-order valence-corrected chi connectivity index (χ1v) is 6.49. The summed E-state index contributed by atoms with van der Waals surface area (Å²) in [6.07, 6.45) is -5.19. The molecule has 22 heavy (non-hydrogen) atoms. The van der Waals surface area contributed by atoms with Crippen molar-refractivity contribution in [2.75, 3.05) is 13.2 Å². The van der Waals surface area contributed by atoms with Gasteiger partial charge in [-0.1, -0.05) is 0 Å². The van der Waals surface area contributed by atoms with Crippen LogP contribution in [0.15, 0.2) is 18.2 Å². The molecule has 0 bridgehead atoms. The summed E-state index contributed by atoms with van der Waals surface area (Å²) in [5, 5.41) is 11.8. The van der Waals surface area contributed by atoms with E-state index in [2.05, 4.69) is 5.32 Å². The van der Waals surface area contributed by atoms with Gasteiger partial charge in [-0.25, -0.2) is 4.79 Å². The van der Waals surface area contributed by atoms with Gasteiger partial charge in [0.05, 0.1) is 12.1 Å². The molecule has 1 aromatic carbocycles. The molecule has 0 saturated heterocycles. The number of alkyl carbamates (subject to hydrolysis) is 1. The smallest absolute Gasteiger partial charge is 0.416 e. The Labute approximate surface area is 126 Å². The number of halogens is 3. The minimum Gasteiger partial charge on any atom is -0.504 e. The molecule has 8 heteroatoms. The van der Waals surface area contributed by atoms with Crippen molar-refractivity contribution in [3.63, 3.8) is 0 Å². The third-order valence-electron chi connectivity index (χ3n) is 2.31. The Balaban J connectivity index is 2.50. The number of phenolic OH excluding ortho intramolecular Hbond substituents is 1. The van der Waals surface area contributed by atoms with Gasteiger partial charge in [0.2, 0.25) is 0 Å². The van der Waals surface area contributed by atoms with Crippen LogP contribution in [-0.4, -0.2) is 30.0 Å². The van der Waals surface area contributed by atoms with Gasteiger partial charge in [-0.2, -0.15) is 13.2 Å². The first-order valence-electron chi connectivity index (χ1n) is 6.49. The highest BCUT2D eigenvalue weighted by Crippen LogP contribution is 2.35. The maximum Gasteiger partial charge on any atom is 0.416 e. The standard InChI is InChI=1S/C14H18F3NO4/c1-13(2,3)22-12(20)18-6-7-21-11-8-9(14(15,16)17)4-5-10(11)19/h4-5,8,19H,6-7H2,1-3H3,(H,18,20). The number of carbonyl (C=O) groups is 1. The van der Waals surface area contributed by atoms with E-state index in [0.717, 1.165) is 12.1 Å². The highest BCUT2D eigenvalue weighted by Gasteiger charge is 2.31. The molecular formula is C14H18F3NO4. The number of hydrogen-bond donors (Lipinski definition) is 2. The SMILES string of the molecule is CC(C)(C)OC(=O)NCCOc1cc(C(F)(F)F)ccc1O. The minimum absolute atomic E-state index is 0.0185. The summed E-state index contributed by atoms with van der Waals surface area (Å²) in [5.41, 5.74) is -1.58. The van der Waals surface area contributed by atoms with Gasteiger partial charge in [0.25, 0.3) is 0 Å². The van der Waals surface area contributed by atoms with Crippen molar-refractivity contribution in [2.24, 2.45) is 0 Å². The van der Waals surface area contributed by atoms with Crippen molar-refractivity contribution in [1.29, 1.82) is 0 Å². The molecule has 124 valence electrons. The summed E-state index contributed by atoms with van der Waals surface area (Å²) >= 11 is 0. The molecule has 5 nitrogen and oxygen atoms in total. The predicted octanol–water partition coefficient (Wildman–Crippen LogP) is 3.31. The zero-order chi connectivity index (χ0) is 17.0. The number of amides is 1. The van der Waals surface area contributed by atoms with E-state index < -0.39 is 29.2 Å². The first kappa shape index (κ1) is 17.9. The number of nitrogens with one attached hydrogen (secondary N) is 1. The van der Waals surface area contributed by atoms with E-state index >= 15 is 0 Å². The van der Waals surface area contributed by atoms with Crippen molar-refractivity contribution in [3.05, 3.63) is 23.8 Å². The molecule has 0 aliphatic rings. The minimum atomic E-state index is -4.53. The lowest BCUT2D eigenvalue weighted by atomic mass is 10.2. The van der Waals surface area contributed by atoms with Gasteiger partial charge in [0.1, 0.15) is 12.2 Å². The van der Waals surface area contributed by atoms with Gasteiger partial charge in [0, 0.05) is 0 Å². The zero-order valence-electron chi connectivity index (χ0n) is 12.5. The molecule has 0 saturated carbocycles. The second kappa shape index (κ2) is 6.76. The maximum atomic E-state index is 12.5. The number of phenols is 1. The number of carbonyl (C=O) groups excluding carboxylic acids is 1. The topological polar surface area (TPSA) is 67.8 Å². The van der Waals surface area contributed by atoms with Crippen LogP contribution in [0.3, 0.4) is 0 Å². The average Bonchev–Trinajstić information content (AvgIpc) is 2.33. The van der Waals surface area contributed by atoms with E-state index in [1.807, 2.05) is 0 Å². The van der Waals surface area contributed by atoms with Gasteiger partial charge in [-0.3, -0.25) is 0 Å². The van der Waals surface area contributed by atoms with E-state index in [4.69, 9.17) is 9.47 Å². The highest BCUT2D eigenvalue weighted by molar-refractivity contribution is 5.67. The molecule has 0 unspecified atom stereocenters. The highest BCUT2D eigenvalue weighted by atomic mass is 19.4. The maximum absolute atomic E-state index is 12.5. The summed E-state index contributed by atoms with van der Waals surface area (Å²) in [5.74, 6) is -0.717. The van der Waals surface area contributed by atoms with Gasteiger partial charge in [0.15, 0.2) is 11.5 Å². The number of aromatic hydroxyl groups is 1. The van der Waals surface area contributed by atoms with Gasteiger partial charge in [-0.05, 0) is 39.0 Å². The van der Waals surface area contributed by atoms with E-state index in [0.29, 0.717) is 6.07 Å². The number of alkyl halides is 3. The fraction of sp³-hybridized carbons (Fsp3) is 0.500. The monoisotopic (exact) mass is 321 g/mol. The lowest BCUT2D eigenvalue weighted by Crippen LogP contribution is -2.34. The second-order valence-electron chi connectivity index (χ2n) is 5.46. The zero-order valence-corrected chi connectivity index (χ0v) is 12.5. The number of ether oxygens (including phenoxy) is 2. The van der Waals surface area contributed by atoms with Crippen molar-refractivity contribution in [1.82, 2.24) is 5.32 Å². The molecule has 1 rings (SSSR count). The van der Waals surface area contributed by atoms with Crippen molar-refractivity contribution >= 4 is 6.09 Å². The number of rotatable bonds is 4. The fourth-order valence-corrected chi connectivity index (χ4v) is 1.43. The van der Waals surface area contributed by atoms with Crippen LogP contribution in [-0.2, 0) is 10.9 Å². The largest absolute Gasteiger partial charge is 0.504 e. The fourth-order valence-electron chi connectivity index (χ4n) is 1.43. The van der Waals surface area contributed by atoms with Crippen molar-refractivity contribution in [2.45, 2.75) is 32.5 Å². The van der Waals surface area contributed by atoms with Crippen LogP contribution in [0.1, 0.15) is 26.3 Å². The third kappa shape index (κ3) is 6.11. The van der Waals surface area contributed by atoms with E-state index in [-0.39, 0.29) is 18.9 Å². The molecule has 0 heterocycles. The lowest BCUT2D eigenvalue weighted by molar-refractivity contribution is -0.137. The first-order chi connectivity index (χ1) is 9.99. The molecule has 1 amide bonds. The molecule has 1 aromatic rings. The normalized spacial score (nSPS) is 11.9. The Hall–Kier alpha value is -2.12. The van der Waals surface area contributed by atoms with Gasteiger partial charge < -0.3 is 19.9 Å². The molecule has 0 fully saturated rings. The van der Waals surface area contributed by atoms with Crippen LogP contribution < -0.4 is 10.1 Å². The van der Waals surface area contributed by atoms with Crippen LogP contribution in [0.5, 0.6) is 11.5 Å². The van der Waals surface area contributed by atoms with Crippen LogP contribution >= 0.6 is 0 Å². The lowest BCUT2D eigenvalue weighted by Gasteiger charge is -2.19. The molecule has 2 N–H and O–H groups in total. The molecule has 0 aliphatic heterocycles. The van der Waals surface area contributed by atoms with Gasteiger partial charge in [-0.15, -0.1) is 0 Å². The Morgan fingerprint density at radius 2 is 1.91 bits per heavy atom. The molecule has 0 atom stereocenters. The molecule has 0 radical (unpaired) electrons. The summed E-state index contributed by atoms with van der Waals surface area (Å²) in [6, 6.07) is 2.35. The van der Waals surface area contributed by atoms with E-state index in [1.165, 1.54) is 0 Å². The quantitative estimate of drug-likeness (QED) is 0.835. The third-order valence-corrected chi connectivity index (χ3v) is 2.31. The molecule has 0 aliphatic carbocycles. The summed E-state index contributed by atoms with van der Waals surface area (Å²) in [6.45, 7) is 5.00. The van der Waals surface area contributed by atoms with Crippen LogP contribution in [0, 0.1) is 0 Å². The summed E-state index contributed by atoms with van der Waals surface area (Å²) in [7, 11) is 0. The van der Waals surface area contributed by atoms with Crippen molar-refractivity contribution in [3.8, 4) is 11.5 Å². The Morgan fingerprint density at radius 3 is 2.45 bits per heavy atom. The van der Waals surface area contributed by atoms with E-state index in [9.17, 15) is 23.1 Å². The van der Waals surface area contributed by atoms with Crippen LogP contribution in [0.4, 0.5) is 18.0 Å². The molecule has 0 spiro atoms. The Morgan fingerprint density at radius 1 is 1.27 bits per heavy atom. The Kier molecular flexibility index (Phi) is 5.51. The molecule has 0 aromatic heterocycles. The van der Waals surface area contributed by atoms with Crippen LogP contribution in [0.25, 0.3) is 0 Å². The Bertz CT molecular complexity index is 524. The predicted molar refractivity (Wildman–Crippen MR) is 72.8 cm³/mol. The second-order valence-corrected chi connectivity index (χ2v) is 5.46.